The second kappa shape index (κ2) is 27.1. The Bertz CT molecular complexity index is 5570. The largest absolute Gasteiger partial charge is 0.310 e. The van der Waals surface area contributed by atoms with Crippen molar-refractivity contribution in [1.29, 1.82) is 0 Å². The number of benzene rings is 16. The molecule has 0 fully saturated rings. The highest BCUT2D eigenvalue weighted by atomic mass is 15.1. The molecule has 18 rings (SSSR count). The van der Waals surface area contributed by atoms with E-state index in [-0.39, 0.29) is 0 Å². The molecule has 0 aliphatic heterocycles. The third-order valence-electron chi connectivity index (χ3n) is 19.2. The van der Waals surface area contributed by atoms with Gasteiger partial charge in [0.25, 0.3) is 0 Å². The van der Waals surface area contributed by atoms with Crippen LogP contribution >= 0.6 is 0 Å². The first-order valence-corrected chi connectivity index (χ1v) is 34.2. The molecule has 0 unspecified atom stereocenters. The maximum absolute atomic E-state index is 2.38. The molecule has 18 aromatic rings. The first-order chi connectivity index (χ1) is 49.6. The maximum atomic E-state index is 2.38. The van der Waals surface area contributed by atoms with E-state index in [0.717, 1.165) is 51.1 Å². The van der Waals surface area contributed by atoms with E-state index in [0.29, 0.717) is 0 Å². The molecule has 0 bridgehead atoms. The lowest BCUT2D eigenvalue weighted by Crippen LogP contribution is -2.10. The van der Waals surface area contributed by atoms with Gasteiger partial charge in [0.05, 0.1) is 22.1 Å². The fourth-order valence-corrected chi connectivity index (χ4v) is 14.3. The zero-order valence-electron chi connectivity index (χ0n) is 55.0. The van der Waals surface area contributed by atoms with E-state index < -0.39 is 0 Å². The predicted molar refractivity (Wildman–Crippen MR) is 424 cm³/mol. The highest BCUT2D eigenvalue weighted by Crippen LogP contribution is 2.43. The molecule has 16 aromatic carbocycles. The molecule has 0 aliphatic carbocycles. The minimum absolute atomic E-state index is 1.10. The first kappa shape index (κ1) is 60.4. The lowest BCUT2D eigenvalue weighted by atomic mass is 10.0. The van der Waals surface area contributed by atoms with Gasteiger partial charge in [0, 0.05) is 67.0 Å². The molecule has 100 heavy (non-hydrogen) atoms. The van der Waals surface area contributed by atoms with Crippen LogP contribution in [0.2, 0.25) is 0 Å². The lowest BCUT2D eigenvalue weighted by molar-refractivity contribution is 1.18. The fourth-order valence-electron chi connectivity index (χ4n) is 14.3. The quantitative estimate of drug-likeness (QED) is 0.108. The van der Waals surface area contributed by atoms with Crippen LogP contribution in [0.5, 0.6) is 0 Å². The monoisotopic (exact) mass is 1280 g/mol. The Morgan fingerprint density at radius 3 is 0.700 bits per heavy atom. The molecule has 0 atom stereocenters. The van der Waals surface area contributed by atoms with Gasteiger partial charge in [-0.2, -0.15) is 0 Å². The second-order valence-electron chi connectivity index (χ2n) is 25.3. The summed E-state index contributed by atoms with van der Waals surface area (Å²) in [7, 11) is 0. The Hall–Kier alpha value is -13.3. The summed E-state index contributed by atoms with van der Waals surface area (Å²) < 4.78 is 4.75. The molecule has 4 heteroatoms. The van der Waals surface area contributed by atoms with Gasteiger partial charge in [0.15, 0.2) is 0 Å². The molecule has 4 nitrogen and oxygen atoms in total. The molecule has 0 spiro atoms. The van der Waals surface area contributed by atoms with Crippen molar-refractivity contribution in [3.63, 3.8) is 0 Å². The number of rotatable bonds is 14. The molecule has 0 N–H and O–H groups in total. The summed E-state index contributed by atoms with van der Waals surface area (Å²) in [5.74, 6) is 0. The lowest BCUT2D eigenvalue weighted by Gasteiger charge is -2.26. The summed E-state index contributed by atoms with van der Waals surface area (Å²) in [6.07, 6.45) is 0. The Kier molecular flexibility index (Phi) is 16.4. The van der Waals surface area contributed by atoms with Gasteiger partial charge in [-0.15, -0.1) is 0 Å². The summed E-state index contributed by atoms with van der Waals surface area (Å²) in [4.78, 5) is 4.70. The summed E-state index contributed by atoms with van der Waals surface area (Å²) in [5, 5.41) is 5.08. The topological polar surface area (TPSA) is 16.3 Å². The van der Waals surface area contributed by atoms with Crippen molar-refractivity contribution in [1.82, 2.24) is 9.13 Å². The summed E-state index contributed by atoms with van der Waals surface area (Å²) in [6, 6.07) is 148. The zero-order chi connectivity index (χ0) is 66.6. The molecule has 472 valence electrons. The molecular weight excluding hydrogens is 1210 g/mol. The van der Waals surface area contributed by atoms with Crippen molar-refractivity contribution in [2.75, 3.05) is 9.80 Å². The molecule has 0 aliphatic rings. The zero-order valence-corrected chi connectivity index (χ0v) is 55.0. The number of anilines is 6. The predicted octanol–water partition coefficient (Wildman–Crippen LogP) is 26.5. The van der Waals surface area contributed by atoms with Gasteiger partial charge >= 0.3 is 0 Å². The van der Waals surface area contributed by atoms with Crippen LogP contribution in [0, 0.1) is 0 Å². The van der Waals surface area contributed by atoms with E-state index in [1.54, 1.807) is 0 Å². The van der Waals surface area contributed by atoms with Gasteiger partial charge < -0.3 is 18.9 Å². The van der Waals surface area contributed by atoms with Crippen molar-refractivity contribution in [2.45, 2.75) is 0 Å². The van der Waals surface area contributed by atoms with Crippen molar-refractivity contribution in [3.05, 3.63) is 413 Å². The van der Waals surface area contributed by atoms with Crippen LogP contribution in [0.15, 0.2) is 413 Å². The average molecular weight is 1280 g/mol. The number of fused-ring (bicyclic) bond motifs is 6. The molecule has 2 aromatic heterocycles. The first-order valence-electron chi connectivity index (χ1n) is 34.2. The number of aromatic nitrogens is 2. The van der Waals surface area contributed by atoms with Crippen LogP contribution in [-0.4, -0.2) is 9.13 Å². The van der Waals surface area contributed by atoms with Crippen molar-refractivity contribution >= 4 is 77.7 Å². The number of nitrogens with zero attached hydrogens (tertiary/aromatic N) is 4. The Labute approximate surface area is 583 Å². The van der Waals surface area contributed by atoms with Gasteiger partial charge in [-0.1, -0.05) is 291 Å². The number of hydrogen-bond donors (Lipinski definition) is 0. The summed E-state index contributed by atoms with van der Waals surface area (Å²) in [5.41, 5.74) is 28.1. The van der Waals surface area contributed by atoms with E-state index in [1.807, 2.05) is 0 Å². The van der Waals surface area contributed by atoms with Crippen LogP contribution < -0.4 is 9.80 Å². The summed E-state index contributed by atoms with van der Waals surface area (Å²) in [6.45, 7) is 0. The fraction of sp³-hybridized carbons (Fsp3) is 0. The number of hydrogen-bond acceptors (Lipinski definition) is 2. The smallest absolute Gasteiger partial charge is 0.0541 e. The molecule has 0 radical (unpaired) electrons. The van der Waals surface area contributed by atoms with Crippen LogP contribution in [0.1, 0.15) is 0 Å². The molecule has 0 saturated carbocycles. The maximum Gasteiger partial charge on any atom is 0.0541 e. The molecule has 2 heterocycles. The van der Waals surface area contributed by atoms with Crippen LogP contribution in [-0.2, 0) is 0 Å². The van der Waals surface area contributed by atoms with E-state index >= 15 is 0 Å². The molecule has 0 saturated heterocycles. The van der Waals surface area contributed by atoms with Crippen LogP contribution in [0.3, 0.4) is 0 Å². The van der Waals surface area contributed by atoms with E-state index in [2.05, 4.69) is 431 Å². The van der Waals surface area contributed by atoms with Crippen molar-refractivity contribution in [3.8, 4) is 78.1 Å². The second-order valence-corrected chi connectivity index (χ2v) is 25.3. The Morgan fingerprint density at radius 1 is 0.140 bits per heavy atom. The molecular formula is C96H68N4. The van der Waals surface area contributed by atoms with Crippen molar-refractivity contribution < 1.29 is 0 Å². The standard InChI is InChI=1S/2C48H34N2/c1-3-13-35(14-4-1)37-25-29-41(30-26-37)49(42-31-27-38(28-32-42)36-15-5-2-6-16-36)43-19-11-17-39(33-43)40-18-12-20-44(34-40)50-47-23-9-7-21-45(47)46-22-8-10-24-48(46)50;1-3-12-35(13-4-1)37-22-28-41(29-23-37)49(42-30-24-38(25-31-42)36-14-5-2-6-15-36)44-17-11-16-40(34-44)39-26-32-43(33-27-39)50-47-20-9-7-18-45(47)46-19-8-10-21-48(46)50/h2*1-34H. The van der Waals surface area contributed by atoms with Crippen molar-refractivity contribution in [2.24, 2.45) is 0 Å². The minimum Gasteiger partial charge on any atom is -0.310 e. The molecule has 0 amide bonds. The number of para-hydroxylation sites is 4. The van der Waals surface area contributed by atoms with E-state index in [1.165, 1.54) is 105 Å². The third kappa shape index (κ3) is 12.0. The van der Waals surface area contributed by atoms with Gasteiger partial charge in [0.1, 0.15) is 0 Å². The highest BCUT2D eigenvalue weighted by molar-refractivity contribution is 6.10. The van der Waals surface area contributed by atoms with E-state index in [4.69, 9.17) is 0 Å². The Morgan fingerprint density at radius 2 is 0.370 bits per heavy atom. The van der Waals surface area contributed by atoms with E-state index in [9.17, 15) is 0 Å². The van der Waals surface area contributed by atoms with Gasteiger partial charge in [-0.25, -0.2) is 0 Å². The van der Waals surface area contributed by atoms with Gasteiger partial charge in [-0.3, -0.25) is 0 Å². The average Bonchev–Trinajstić information content (AvgIpc) is 1.59. The summed E-state index contributed by atoms with van der Waals surface area (Å²) >= 11 is 0. The Balaban J connectivity index is 0.000000150. The normalized spacial score (nSPS) is 11.2. The third-order valence-corrected chi connectivity index (χ3v) is 19.2. The SMILES string of the molecule is c1ccc(-c2ccc(N(c3ccc(-c4ccccc4)cc3)c3cccc(-c4ccc(-n5c6ccccc6c6ccccc65)cc4)c3)cc2)cc1.c1ccc(-c2ccc(N(c3ccc(-c4ccccc4)cc3)c3cccc(-c4cccc(-n5c6ccccc6c6ccccc65)c4)c3)cc2)cc1. The van der Waals surface area contributed by atoms with Crippen LogP contribution in [0.4, 0.5) is 34.1 Å². The minimum atomic E-state index is 1.10. The van der Waals surface area contributed by atoms with Crippen LogP contribution in [0.25, 0.3) is 122 Å². The van der Waals surface area contributed by atoms with Gasteiger partial charge in [0.2, 0.25) is 0 Å². The highest BCUT2D eigenvalue weighted by Gasteiger charge is 2.19. The van der Waals surface area contributed by atoms with Gasteiger partial charge in [-0.05, 0) is 188 Å².